The van der Waals surface area contributed by atoms with Gasteiger partial charge in [-0.15, -0.1) is 6.58 Å². The smallest absolute Gasteiger partial charge is 0.231 e. The van der Waals surface area contributed by atoms with E-state index < -0.39 is 0 Å². The molecular formula is C10H11NO2. The minimum absolute atomic E-state index is 0.320. The van der Waals surface area contributed by atoms with Crippen LogP contribution in [0.2, 0.25) is 0 Å². The quantitative estimate of drug-likeness (QED) is 0.716. The van der Waals surface area contributed by atoms with Gasteiger partial charge in [0.15, 0.2) is 11.5 Å². The Morgan fingerprint density at radius 3 is 3.08 bits per heavy atom. The van der Waals surface area contributed by atoms with Crippen LogP contribution in [0.25, 0.3) is 0 Å². The summed E-state index contributed by atoms with van der Waals surface area (Å²) in [6, 6.07) is 5.77. The van der Waals surface area contributed by atoms with Crippen LogP contribution in [0.5, 0.6) is 11.5 Å². The second kappa shape index (κ2) is 3.39. The lowest BCUT2D eigenvalue weighted by molar-refractivity contribution is 0.174. The molecule has 1 aromatic rings. The van der Waals surface area contributed by atoms with Crippen LogP contribution in [0.15, 0.2) is 30.9 Å². The van der Waals surface area contributed by atoms with Gasteiger partial charge in [0.25, 0.3) is 0 Å². The summed E-state index contributed by atoms with van der Waals surface area (Å²) >= 11 is 0. The second-order valence-electron chi connectivity index (χ2n) is 2.74. The van der Waals surface area contributed by atoms with Gasteiger partial charge in [-0.3, -0.25) is 0 Å². The summed E-state index contributed by atoms with van der Waals surface area (Å²) < 4.78 is 10.4. The molecule has 0 saturated heterocycles. The van der Waals surface area contributed by atoms with Gasteiger partial charge in [0.05, 0.1) is 0 Å². The summed E-state index contributed by atoms with van der Waals surface area (Å²) in [6.07, 6.45) is 1.81. The van der Waals surface area contributed by atoms with Crippen molar-refractivity contribution in [3.8, 4) is 11.5 Å². The SMILES string of the molecule is C=CCNc1ccc2c(c1)OCO2. The summed E-state index contributed by atoms with van der Waals surface area (Å²) in [4.78, 5) is 0. The van der Waals surface area contributed by atoms with E-state index in [1.54, 1.807) is 0 Å². The molecule has 3 nitrogen and oxygen atoms in total. The number of ether oxygens (including phenoxy) is 2. The molecule has 68 valence electrons. The van der Waals surface area contributed by atoms with Crippen molar-refractivity contribution in [2.45, 2.75) is 0 Å². The predicted octanol–water partition coefficient (Wildman–Crippen LogP) is 2.01. The van der Waals surface area contributed by atoms with Crippen LogP contribution < -0.4 is 14.8 Å². The molecule has 1 aromatic carbocycles. The van der Waals surface area contributed by atoms with Crippen molar-refractivity contribution < 1.29 is 9.47 Å². The van der Waals surface area contributed by atoms with Crippen molar-refractivity contribution >= 4 is 5.69 Å². The Morgan fingerprint density at radius 2 is 2.23 bits per heavy atom. The molecule has 0 fully saturated rings. The fourth-order valence-electron chi connectivity index (χ4n) is 1.20. The Morgan fingerprint density at radius 1 is 1.38 bits per heavy atom. The summed E-state index contributed by atoms with van der Waals surface area (Å²) in [5.74, 6) is 1.61. The van der Waals surface area contributed by atoms with Crippen LogP contribution in [0, 0.1) is 0 Å². The number of anilines is 1. The van der Waals surface area contributed by atoms with Crippen LogP contribution in [0.4, 0.5) is 5.69 Å². The normalized spacial score (nSPS) is 12.6. The van der Waals surface area contributed by atoms with Gasteiger partial charge in [0, 0.05) is 18.3 Å². The average Bonchev–Trinajstić information content (AvgIpc) is 2.61. The molecule has 0 radical (unpaired) electrons. The molecule has 0 unspecified atom stereocenters. The number of hydrogen-bond donors (Lipinski definition) is 1. The zero-order chi connectivity index (χ0) is 9.10. The molecule has 0 saturated carbocycles. The first-order valence-electron chi connectivity index (χ1n) is 4.14. The number of hydrogen-bond acceptors (Lipinski definition) is 3. The molecule has 1 aliphatic rings. The first-order chi connectivity index (χ1) is 6.40. The lowest BCUT2D eigenvalue weighted by Gasteiger charge is -2.03. The number of benzene rings is 1. The van der Waals surface area contributed by atoms with Crippen molar-refractivity contribution in [1.82, 2.24) is 0 Å². The van der Waals surface area contributed by atoms with Crippen molar-refractivity contribution in [2.24, 2.45) is 0 Å². The van der Waals surface area contributed by atoms with Gasteiger partial charge in [-0.25, -0.2) is 0 Å². The summed E-state index contributed by atoms with van der Waals surface area (Å²) in [5.41, 5.74) is 1.02. The standard InChI is InChI=1S/C10H11NO2/c1-2-5-11-8-3-4-9-10(6-8)13-7-12-9/h2-4,6,11H,1,5,7H2. The van der Waals surface area contributed by atoms with Crippen LogP contribution in [0.3, 0.4) is 0 Å². The highest BCUT2D eigenvalue weighted by Gasteiger charge is 2.12. The Bertz CT molecular complexity index is 323. The van der Waals surface area contributed by atoms with Crippen LogP contribution in [0.1, 0.15) is 0 Å². The third kappa shape index (κ3) is 1.59. The van der Waals surface area contributed by atoms with E-state index >= 15 is 0 Å². The molecule has 0 amide bonds. The van der Waals surface area contributed by atoms with E-state index in [2.05, 4.69) is 11.9 Å². The number of fused-ring (bicyclic) bond motifs is 1. The average molecular weight is 177 g/mol. The van der Waals surface area contributed by atoms with E-state index in [9.17, 15) is 0 Å². The van der Waals surface area contributed by atoms with Gasteiger partial charge in [0.1, 0.15) is 0 Å². The van der Waals surface area contributed by atoms with Gasteiger partial charge in [-0.05, 0) is 12.1 Å². The Balaban J connectivity index is 2.16. The molecule has 0 bridgehead atoms. The lowest BCUT2D eigenvalue weighted by atomic mass is 10.3. The summed E-state index contributed by atoms with van der Waals surface area (Å²) in [5, 5.41) is 3.17. The molecule has 1 aliphatic heterocycles. The first kappa shape index (κ1) is 7.98. The third-order valence-corrected chi connectivity index (χ3v) is 1.82. The molecule has 1 N–H and O–H groups in total. The van der Waals surface area contributed by atoms with Crippen LogP contribution >= 0.6 is 0 Å². The summed E-state index contributed by atoms with van der Waals surface area (Å²) in [6.45, 7) is 4.70. The van der Waals surface area contributed by atoms with Gasteiger partial charge in [-0.1, -0.05) is 6.08 Å². The zero-order valence-corrected chi connectivity index (χ0v) is 7.25. The number of rotatable bonds is 3. The fourth-order valence-corrected chi connectivity index (χ4v) is 1.20. The molecule has 0 aromatic heterocycles. The van der Waals surface area contributed by atoms with Gasteiger partial charge >= 0.3 is 0 Å². The predicted molar refractivity (Wildman–Crippen MR) is 51.3 cm³/mol. The van der Waals surface area contributed by atoms with Crippen molar-refractivity contribution in [3.05, 3.63) is 30.9 Å². The second-order valence-corrected chi connectivity index (χ2v) is 2.74. The Kier molecular flexibility index (Phi) is 2.08. The zero-order valence-electron chi connectivity index (χ0n) is 7.25. The maximum absolute atomic E-state index is 5.23. The first-order valence-corrected chi connectivity index (χ1v) is 4.14. The molecule has 1 heterocycles. The van der Waals surface area contributed by atoms with E-state index in [0.717, 1.165) is 23.7 Å². The summed E-state index contributed by atoms with van der Waals surface area (Å²) in [7, 11) is 0. The highest BCUT2D eigenvalue weighted by molar-refractivity contribution is 5.55. The molecule has 13 heavy (non-hydrogen) atoms. The lowest BCUT2D eigenvalue weighted by Crippen LogP contribution is -1.96. The van der Waals surface area contributed by atoms with E-state index in [0.29, 0.717) is 6.79 Å². The Hall–Kier alpha value is -1.64. The van der Waals surface area contributed by atoms with Gasteiger partial charge in [0.2, 0.25) is 6.79 Å². The molecule has 0 spiro atoms. The molecule has 3 heteroatoms. The minimum Gasteiger partial charge on any atom is -0.454 e. The van der Waals surface area contributed by atoms with Crippen molar-refractivity contribution in [1.29, 1.82) is 0 Å². The highest BCUT2D eigenvalue weighted by atomic mass is 16.7. The van der Waals surface area contributed by atoms with E-state index in [4.69, 9.17) is 9.47 Å². The van der Waals surface area contributed by atoms with Crippen LogP contribution in [-0.4, -0.2) is 13.3 Å². The highest BCUT2D eigenvalue weighted by Crippen LogP contribution is 2.33. The minimum atomic E-state index is 0.320. The fraction of sp³-hybridized carbons (Fsp3) is 0.200. The maximum Gasteiger partial charge on any atom is 0.231 e. The topological polar surface area (TPSA) is 30.5 Å². The van der Waals surface area contributed by atoms with E-state index in [1.807, 2.05) is 24.3 Å². The molecule has 0 atom stereocenters. The van der Waals surface area contributed by atoms with Crippen molar-refractivity contribution in [3.63, 3.8) is 0 Å². The van der Waals surface area contributed by atoms with Crippen LogP contribution in [-0.2, 0) is 0 Å². The van der Waals surface area contributed by atoms with Gasteiger partial charge in [-0.2, -0.15) is 0 Å². The molecule has 2 rings (SSSR count). The van der Waals surface area contributed by atoms with E-state index in [1.165, 1.54) is 0 Å². The molecule has 0 aliphatic carbocycles. The molecular weight excluding hydrogens is 166 g/mol. The van der Waals surface area contributed by atoms with Crippen molar-refractivity contribution in [2.75, 3.05) is 18.7 Å². The maximum atomic E-state index is 5.23. The third-order valence-electron chi connectivity index (χ3n) is 1.82. The monoisotopic (exact) mass is 177 g/mol. The van der Waals surface area contributed by atoms with Gasteiger partial charge < -0.3 is 14.8 Å². The largest absolute Gasteiger partial charge is 0.454 e. The number of nitrogens with one attached hydrogen (secondary N) is 1. The van der Waals surface area contributed by atoms with E-state index in [-0.39, 0.29) is 0 Å². The Labute approximate surface area is 77.0 Å².